The molecular weight excluding hydrogens is 316 g/mol. The summed E-state index contributed by atoms with van der Waals surface area (Å²) in [7, 11) is 0. The number of carbonyl (C=O) groups is 1. The summed E-state index contributed by atoms with van der Waals surface area (Å²) < 4.78 is 5.66. The van der Waals surface area contributed by atoms with Crippen LogP contribution < -0.4 is 4.74 Å². The molecule has 1 amide bonds. The predicted octanol–water partition coefficient (Wildman–Crippen LogP) is 2.78. The topological polar surface area (TPSA) is 71.1 Å². The van der Waals surface area contributed by atoms with E-state index >= 15 is 0 Å². The van der Waals surface area contributed by atoms with Gasteiger partial charge in [-0.3, -0.25) is 9.89 Å². The van der Waals surface area contributed by atoms with Gasteiger partial charge in [0.15, 0.2) is 12.4 Å². The molecule has 6 nitrogen and oxygen atoms in total. The summed E-state index contributed by atoms with van der Waals surface area (Å²) in [6.45, 7) is 3.55. The zero-order chi connectivity index (χ0) is 17.2. The number of nitrogens with zero attached hydrogens (tertiary/aromatic N) is 3. The van der Waals surface area contributed by atoms with Crippen molar-refractivity contribution in [3.05, 3.63) is 41.5 Å². The molecule has 1 aromatic carbocycles. The van der Waals surface area contributed by atoms with Crippen molar-refractivity contribution in [3.8, 4) is 5.75 Å². The van der Waals surface area contributed by atoms with E-state index in [0.29, 0.717) is 12.5 Å². The van der Waals surface area contributed by atoms with Crippen molar-refractivity contribution in [2.24, 2.45) is 0 Å². The highest BCUT2D eigenvalue weighted by Crippen LogP contribution is 2.38. The molecule has 1 atom stereocenters. The fraction of sp³-hybridized carbons (Fsp3) is 0.526. The molecule has 25 heavy (non-hydrogen) atoms. The minimum absolute atomic E-state index is 0.0316. The van der Waals surface area contributed by atoms with Gasteiger partial charge in [0.2, 0.25) is 0 Å². The molecule has 2 heterocycles. The van der Waals surface area contributed by atoms with Gasteiger partial charge in [-0.25, -0.2) is 4.98 Å². The van der Waals surface area contributed by atoms with Gasteiger partial charge in [-0.15, -0.1) is 0 Å². The number of benzene rings is 1. The molecule has 2 fully saturated rings. The first-order valence-corrected chi connectivity index (χ1v) is 9.08. The van der Waals surface area contributed by atoms with Crippen LogP contribution in [0, 0.1) is 6.92 Å². The smallest absolute Gasteiger partial charge is 0.260 e. The maximum absolute atomic E-state index is 12.5. The average Bonchev–Trinajstić information content (AvgIpc) is 3.37. The van der Waals surface area contributed by atoms with E-state index < -0.39 is 0 Å². The Morgan fingerprint density at radius 2 is 2.20 bits per heavy atom. The van der Waals surface area contributed by atoms with Gasteiger partial charge in [-0.05, 0) is 50.3 Å². The Kier molecular flexibility index (Phi) is 4.42. The molecule has 1 aliphatic carbocycles. The van der Waals surface area contributed by atoms with Crippen molar-refractivity contribution in [1.82, 2.24) is 20.1 Å². The summed E-state index contributed by atoms with van der Waals surface area (Å²) in [5, 5.41) is 7.46. The van der Waals surface area contributed by atoms with Crippen LogP contribution in [0.3, 0.4) is 0 Å². The SMILES string of the molecule is Cc1cccc(OCC(=O)N2CCC[C@H](c3n[nH]c(C4CC4)n3)C2)c1. The molecule has 6 heteroatoms. The van der Waals surface area contributed by atoms with E-state index in [0.717, 1.165) is 42.3 Å². The van der Waals surface area contributed by atoms with Crippen LogP contribution in [0.25, 0.3) is 0 Å². The van der Waals surface area contributed by atoms with Gasteiger partial charge in [0.1, 0.15) is 11.6 Å². The molecule has 1 aliphatic heterocycles. The minimum Gasteiger partial charge on any atom is -0.484 e. The monoisotopic (exact) mass is 340 g/mol. The molecule has 2 aromatic rings. The van der Waals surface area contributed by atoms with E-state index in [9.17, 15) is 4.79 Å². The predicted molar refractivity (Wildman–Crippen MR) is 93.6 cm³/mol. The van der Waals surface area contributed by atoms with E-state index in [1.54, 1.807) is 0 Å². The van der Waals surface area contributed by atoms with Crippen LogP contribution in [0.5, 0.6) is 5.75 Å². The third kappa shape index (κ3) is 3.83. The summed E-state index contributed by atoms with van der Waals surface area (Å²) in [5.41, 5.74) is 1.12. The second kappa shape index (κ2) is 6.86. The number of carbonyl (C=O) groups excluding carboxylic acids is 1. The molecule has 1 N–H and O–H groups in total. The van der Waals surface area contributed by atoms with Gasteiger partial charge >= 0.3 is 0 Å². The number of hydrogen-bond donors (Lipinski definition) is 1. The lowest BCUT2D eigenvalue weighted by atomic mass is 9.97. The first kappa shape index (κ1) is 16.1. The number of rotatable bonds is 5. The number of piperidine rings is 1. The van der Waals surface area contributed by atoms with E-state index in [4.69, 9.17) is 4.74 Å². The first-order valence-electron chi connectivity index (χ1n) is 9.08. The first-order chi connectivity index (χ1) is 12.2. The summed E-state index contributed by atoms with van der Waals surface area (Å²) in [6, 6.07) is 7.77. The van der Waals surface area contributed by atoms with Crippen LogP contribution in [-0.4, -0.2) is 45.7 Å². The molecule has 1 saturated heterocycles. The molecule has 1 aromatic heterocycles. The highest BCUT2D eigenvalue weighted by molar-refractivity contribution is 5.78. The molecule has 0 radical (unpaired) electrons. The standard InChI is InChI=1S/C19H24N4O2/c1-13-4-2-6-16(10-13)25-12-17(24)23-9-3-5-15(11-23)19-20-18(21-22-19)14-7-8-14/h2,4,6,10,14-15H,3,5,7-9,11-12H2,1H3,(H,20,21,22)/t15-/m0/s1. The third-order valence-electron chi connectivity index (χ3n) is 4.98. The van der Waals surface area contributed by atoms with Crippen LogP contribution in [0.1, 0.15) is 54.7 Å². The number of nitrogens with one attached hydrogen (secondary N) is 1. The zero-order valence-electron chi connectivity index (χ0n) is 14.6. The minimum atomic E-state index is 0.0316. The van der Waals surface area contributed by atoms with Crippen molar-refractivity contribution >= 4 is 5.91 Å². The van der Waals surface area contributed by atoms with Crippen molar-refractivity contribution < 1.29 is 9.53 Å². The number of aromatic amines is 1. The Morgan fingerprint density at radius 3 is 3.00 bits per heavy atom. The summed E-state index contributed by atoms with van der Waals surface area (Å²) in [5.74, 6) is 3.44. The van der Waals surface area contributed by atoms with Gasteiger partial charge in [0.05, 0.1) is 0 Å². The van der Waals surface area contributed by atoms with Crippen molar-refractivity contribution in [3.63, 3.8) is 0 Å². The number of ether oxygens (including phenoxy) is 1. The normalized spacial score (nSPS) is 20.5. The average molecular weight is 340 g/mol. The fourth-order valence-corrected chi connectivity index (χ4v) is 3.37. The lowest BCUT2D eigenvalue weighted by molar-refractivity contribution is -0.134. The second-order valence-corrected chi connectivity index (χ2v) is 7.14. The van der Waals surface area contributed by atoms with Gasteiger partial charge in [0.25, 0.3) is 5.91 Å². The molecule has 2 aliphatic rings. The number of aromatic nitrogens is 3. The van der Waals surface area contributed by atoms with Crippen LogP contribution >= 0.6 is 0 Å². The largest absolute Gasteiger partial charge is 0.484 e. The maximum atomic E-state index is 12.5. The van der Waals surface area contributed by atoms with Gasteiger partial charge in [-0.1, -0.05) is 12.1 Å². The van der Waals surface area contributed by atoms with Gasteiger partial charge < -0.3 is 9.64 Å². The highest BCUT2D eigenvalue weighted by Gasteiger charge is 2.31. The molecular formula is C19H24N4O2. The van der Waals surface area contributed by atoms with E-state index in [1.807, 2.05) is 36.1 Å². The van der Waals surface area contributed by atoms with Crippen molar-refractivity contribution in [2.45, 2.75) is 44.4 Å². The Labute approximate surface area is 147 Å². The van der Waals surface area contributed by atoms with E-state index in [1.165, 1.54) is 12.8 Å². The van der Waals surface area contributed by atoms with Crippen LogP contribution in [0.4, 0.5) is 0 Å². The third-order valence-corrected chi connectivity index (χ3v) is 4.98. The molecule has 0 spiro atoms. The second-order valence-electron chi connectivity index (χ2n) is 7.14. The number of H-pyrrole nitrogens is 1. The molecule has 132 valence electrons. The van der Waals surface area contributed by atoms with E-state index in [-0.39, 0.29) is 18.4 Å². The quantitative estimate of drug-likeness (QED) is 0.908. The van der Waals surface area contributed by atoms with Crippen molar-refractivity contribution in [1.29, 1.82) is 0 Å². The molecule has 0 unspecified atom stereocenters. The number of aryl methyl sites for hydroxylation is 1. The van der Waals surface area contributed by atoms with Crippen LogP contribution in [-0.2, 0) is 4.79 Å². The van der Waals surface area contributed by atoms with E-state index in [2.05, 4.69) is 15.2 Å². The number of amides is 1. The summed E-state index contributed by atoms with van der Waals surface area (Å²) >= 11 is 0. The Morgan fingerprint density at radius 1 is 1.32 bits per heavy atom. The highest BCUT2D eigenvalue weighted by atomic mass is 16.5. The van der Waals surface area contributed by atoms with Crippen LogP contribution in [0.2, 0.25) is 0 Å². The number of hydrogen-bond acceptors (Lipinski definition) is 4. The van der Waals surface area contributed by atoms with Gasteiger partial charge in [-0.2, -0.15) is 5.10 Å². The zero-order valence-corrected chi connectivity index (χ0v) is 14.6. The Hall–Kier alpha value is -2.37. The Bertz CT molecular complexity index is 753. The lowest BCUT2D eigenvalue weighted by Crippen LogP contribution is -2.41. The Balaban J connectivity index is 1.34. The van der Waals surface area contributed by atoms with Crippen molar-refractivity contribution in [2.75, 3.05) is 19.7 Å². The summed E-state index contributed by atoms with van der Waals surface area (Å²) in [6.07, 6.45) is 4.43. The van der Waals surface area contributed by atoms with Gasteiger partial charge in [0, 0.05) is 24.9 Å². The maximum Gasteiger partial charge on any atom is 0.260 e. The molecule has 1 saturated carbocycles. The lowest BCUT2D eigenvalue weighted by Gasteiger charge is -2.31. The molecule has 0 bridgehead atoms. The number of likely N-dealkylation sites (tertiary alicyclic amines) is 1. The summed E-state index contributed by atoms with van der Waals surface area (Å²) in [4.78, 5) is 19.1. The molecule has 4 rings (SSSR count). The van der Waals surface area contributed by atoms with Crippen LogP contribution in [0.15, 0.2) is 24.3 Å². The fourth-order valence-electron chi connectivity index (χ4n) is 3.37.